The van der Waals surface area contributed by atoms with Crippen LogP contribution in [-0.2, 0) is 25.5 Å². The third-order valence-corrected chi connectivity index (χ3v) is 7.62. The lowest BCUT2D eigenvalue weighted by Crippen LogP contribution is -2.59. The van der Waals surface area contributed by atoms with Gasteiger partial charge in [-0.3, -0.25) is 14.4 Å². The molecule has 0 aromatic heterocycles. The Morgan fingerprint density at radius 2 is 2.09 bits per heavy atom. The molecule has 184 valence electrons. The number of benzene rings is 1. The summed E-state index contributed by atoms with van der Waals surface area (Å²) >= 11 is 0. The summed E-state index contributed by atoms with van der Waals surface area (Å²) in [5, 5.41) is 20.3. The zero-order valence-electron chi connectivity index (χ0n) is 19.6. The van der Waals surface area contributed by atoms with Crippen molar-refractivity contribution in [2.24, 2.45) is 11.8 Å². The topological polar surface area (TPSA) is 107 Å². The largest absolute Gasteiger partial charge is 0.481 e. The molecule has 3 aliphatic rings. The van der Waals surface area contributed by atoms with Crippen LogP contribution in [0.25, 0.3) is 0 Å². The molecule has 2 bridgehead atoms. The van der Waals surface area contributed by atoms with Crippen molar-refractivity contribution in [2.75, 3.05) is 19.7 Å². The van der Waals surface area contributed by atoms with E-state index in [0.29, 0.717) is 32.4 Å². The maximum Gasteiger partial charge on any atom is 0.310 e. The monoisotopic (exact) mass is 470 g/mol. The summed E-state index contributed by atoms with van der Waals surface area (Å²) in [4.78, 5) is 43.2. The predicted molar refractivity (Wildman–Crippen MR) is 125 cm³/mol. The second-order valence-corrected chi connectivity index (χ2v) is 9.59. The third-order valence-electron chi connectivity index (χ3n) is 7.62. The highest BCUT2D eigenvalue weighted by Crippen LogP contribution is 2.59. The van der Waals surface area contributed by atoms with Crippen molar-refractivity contribution in [3.8, 4) is 0 Å². The molecule has 1 spiro atoms. The van der Waals surface area contributed by atoms with Gasteiger partial charge in [0.1, 0.15) is 11.6 Å². The second-order valence-electron chi connectivity index (χ2n) is 9.59. The molecule has 3 fully saturated rings. The van der Waals surface area contributed by atoms with Gasteiger partial charge in [-0.05, 0) is 31.2 Å². The Bertz CT molecular complexity index is 936. The van der Waals surface area contributed by atoms with Crippen molar-refractivity contribution in [2.45, 2.75) is 62.8 Å². The van der Waals surface area contributed by atoms with Crippen LogP contribution in [-0.4, -0.2) is 81.3 Å². The van der Waals surface area contributed by atoms with Gasteiger partial charge >= 0.3 is 5.97 Å². The van der Waals surface area contributed by atoms with Crippen LogP contribution in [0.5, 0.6) is 0 Å². The van der Waals surface area contributed by atoms with Gasteiger partial charge in [-0.1, -0.05) is 49.8 Å². The van der Waals surface area contributed by atoms with Crippen LogP contribution >= 0.6 is 0 Å². The highest BCUT2D eigenvalue weighted by Gasteiger charge is 2.75. The van der Waals surface area contributed by atoms with Gasteiger partial charge in [-0.2, -0.15) is 0 Å². The molecule has 6 atom stereocenters. The van der Waals surface area contributed by atoms with E-state index < -0.39 is 47.5 Å². The normalized spacial score (nSPS) is 30.3. The molecule has 2 amide bonds. The van der Waals surface area contributed by atoms with E-state index in [4.69, 9.17) is 4.74 Å². The Balaban J connectivity index is 1.76. The number of rotatable bonds is 11. The van der Waals surface area contributed by atoms with E-state index in [1.807, 2.05) is 37.3 Å². The quantitative estimate of drug-likeness (QED) is 0.478. The van der Waals surface area contributed by atoms with Gasteiger partial charge in [0.25, 0.3) is 0 Å². The Kier molecular flexibility index (Phi) is 7.09. The number of carboxylic acid groups (broad SMARTS) is 1. The highest BCUT2D eigenvalue weighted by molar-refractivity contribution is 5.98. The second kappa shape index (κ2) is 9.88. The zero-order valence-corrected chi connectivity index (χ0v) is 19.6. The van der Waals surface area contributed by atoms with Gasteiger partial charge in [0, 0.05) is 13.1 Å². The summed E-state index contributed by atoms with van der Waals surface area (Å²) in [6, 6.07) is 7.83. The van der Waals surface area contributed by atoms with Gasteiger partial charge in [0.15, 0.2) is 0 Å². The van der Waals surface area contributed by atoms with E-state index in [1.165, 1.54) is 4.90 Å². The highest BCUT2D eigenvalue weighted by atomic mass is 16.5. The molecule has 0 radical (unpaired) electrons. The fourth-order valence-electron chi connectivity index (χ4n) is 6.15. The third kappa shape index (κ3) is 3.92. The molecule has 3 aliphatic heterocycles. The van der Waals surface area contributed by atoms with E-state index in [-0.39, 0.29) is 12.5 Å². The van der Waals surface area contributed by atoms with E-state index in [1.54, 1.807) is 11.0 Å². The van der Waals surface area contributed by atoms with Gasteiger partial charge in [0.05, 0.1) is 30.6 Å². The minimum Gasteiger partial charge on any atom is -0.481 e. The van der Waals surface area contributed by atoms with E-state index >= 15 is 0 Å². The van der Waals surface area contributed by atoms with Crippen LogP contribution in [0.3, 0.4) is 0 Å². The molecule has 3 saturated heterocycles. The first-order valence-corrected chi connectivity index (χ1v) is 12.2. The number of unbranched alkanes of at least 4 members (excludes halogenated alkanes) is 1. The molecule has 2 N–H and O–H groups in total. The Labute approximate surface area is 200 Å². The van der Waals surface area contributed by atoms with Crippen LogP contribution in [0.2, 0.25) is 0 Å². The molecule has 4 rings (SSSR count). The van der Waals surface area contributed by atoms with Crippen LogP contribution in [0.4, 0.5) is 0 Å². The molecule has 34 heavy (non-hydrogen) atoms. The van der Waals surface area contributed by atoms with Crippen molar-refractivity contribution in [3.63, 3.8) is 0 Å². The fraction of sp³-hybridized carbons (Fsp3) is 0.577. The number of ether oxygens (including phenoxy) is 1. The van der Waals surface area contributed by atoms with Crippen LogP contribution < -0.4 is 0 Å². The Morgan fingerprint density at radius 1 is 1.35 bits per heavy atom. The Hall–Kier alpha value is -2.71. The minimum absolute atomic E-state index is 0.262. The maximum atomic E-state index is 14.0. The molecule has 8 nitrogen and oxygen atoms in total. The average Bonchev–Trinajstić information content (AvgIpc) is 3.48. The lowest BCUT2D eigenvalue weighted by atomic mass is 9.70. The van der Waals surface area contributed by atoms with E-state index in [0.717, 1.165) is 18.4 Å². The molecule has 0 saturated carbocycles. The van der Waals surface area contributed by atoms with Gasteiger partial charge in [-0.25, -0.2) is 0 Å². The van der Waals surface area contributed by atoms with Gasteiger partial charge in [0.2, 0.25) is 11.8 Å². The van der Waals surface area contributed by atoms with Crippen LogP contribution in [0.15, 0.2) is 43.0 Å². The maximum absolute atomic E-state index is 14.0. The number of hydrogen-bond donors (Lipinski definition) is 2. The summed E-state index contributed by atoms with van der Waals surface area (Å²) in [6.07, 6.45) is 4.08. The first-order valence-electron chi connectivity index (χ1n) is 12.2. The molecular formula is C26H34N2O6. The SMILES string of the molecule is C=CCN(CCCC)C(=O)[C@@H]1N([C@@H](CO)Cc2ccccc2)C(=O)[C@H]2[C@H](C(=O)O)[C@@H]3CC[C@]12O3. The van der Waals surface area contributed by atoms with Crippen LogP contribution in [0.1, 0.15) is 38.2 Å². The number of aliphatic carboxylic acids is 1. The smallest absolute Gasteiger partial charge is 0.310 e. The predicted octanol–water partition coefficient (Wildman–Crippen LogP) is 1.86. The Morgan fingerprint density at radius 3 is 2.71 bits per heavy atom. The standard InChI is InChI=1S/C26H34N2O6/c1-3-5-14-27(13-4-2)24(31)22-26-12-11-19(34-26)20(25(32)33)21(26)23(30)28(22)18(16-29)15-17-9-7-6-8-10-17/h4,6-10,18-22,29H,2-3,5,11-16H2,1H3,(H,32,33)/t18-,19+,20-,21-,22+,26-/m1/s1. The molecule has 8 heteroatoms. The number of aliphatic hydroxyl groups excluding tert-OH is 1. The summed E-state index contributed by atoms with van der Waals surface area (Å²) in [5.74, 6) is -3.66. The van der Waals surface area contributed by atoms with E-state index in [9.17, 15) is 24.6 Å². The molecule has 0 unspecified atom stereocenters. The van der Waals surface area contributed by atoms with Gasteiger partial charge in [-0.15, -0.1) is 6.58 Å². The number of fused-ring (bicyclic) bond motifs is 1. The number of likely N-dealkylation sites (tertiary alicyclic amines) is 1. The zero-order chi connectivity index (χ0) is 24.5. The van der Waals surface area contributed by atoms with Gasteiger partial charge < -0.3 is 24.7 Å². The first-order chi connectivity index (χ1) is 16.4. The molecular weight excluding hydrogens is 436 g/mol. The van der Waals surface area contributed by atoms with Crippen molar-refractivity contribution in [1.82, 2.24) is 9.80 Å². The summed E-state index contributed by atoms with van der Waals surface area (Å²) in [5.41, 5.74) is -0.262. The van der Waals surface area contributed by atoms with E-state index in [2.05, 4.69) is 6.58 Å². The number of carboxylic acids is 1. The lowest BCUT2D eigenvalue weighted by molar-refractivity contribution is -0.153. The number of hydrogen-bond acceptors (Lipinski definition) is 5. The van der Waals surface area contributed by atoms with Crippen molar-refractivity contribution < 1.29 is 29.3 Å². The molecule has 0 aliphatic carbocycles. The summed E-state index contributed by atoms with van der Waals surface area (Å²) in [7, 11) is 0. The molecule has 1 aromatic carbocycles. The van der Waals surface area contributed by atoms with Crippen LogP contribution in [0, 0.1) is 11.8 Å². The lowest BCUT2D eigenvalue weighted by Gasteiger charge is -2.39. The average molecular weight is 471 g/mol. The number of nitrogens with zero attached hydrogens (tertiary/aromatic N) is 2. The molecule has 1 aromatic rings. The minimum atomic E-state index is -1.18. The summed E-state index contributed by atoms with van der Waals surface area (Å²) < 4.78 is 6.27. The first kappa shape index (κ1) is 24.4. The number of amides is 2. The number of aliphatic hydroxyl groups is 1. The molecule has 3 heterocycles. The fourth-order valence-corrected chi connectivity index (χ4v) is 6.15. The van der Waals surface area contributed by atoms with Crippen molar-refractivity contribution in [1.29, 1.82) is 0 Å². The number of carbonyl (C=O) groups excluding carboxylic acids is 2. The number of carbonyl (C=O) groups is 3. The summed E-state index contributed by atoms with van der Waals surface area (Å²) in [6.45, 7) is 6.31. The van der Waals surface area contributed by atoms with Crippen molar-refractivity contribution >= 4 is 17.8 Å². The van der Waals surface area contributed by atoms with Crippen molar-refractivity contribution in [3.05, 3.63) is 48.6 Å².